The number of ketones is 1. The number of nitrogens with zero attached hydrogens (tertiary/aromatic N) is 4. The van der Waals surface area contributed by atoms with Crippen molar-refractivity contribution in [3.8, 4) is 0 Å². The number of nitrogens with one attached hydrogen (secondary N) is 1. The van der Waals surface area contributed by atoms with Crippen molar-refractivity contribution < 1.29 is 10.6 Å². The molecular weight excluding hydrogens is 345 g/mol. The van der Waals surface area contributed by atoms with Gasteiger partial charge in [-0.05, 0) is 23.8 Å². The molecule has 7 heteroatoms. The first-order valence-electron chi connectivity index (χ1n) is 9.08. The number of Topliss-reactive ketones (excluding diaryl/α,β-unsaturated/α-hetero) is 1. The third-order valence-corrected chi connectivity index (χ3v) is 5.01. The second kappa shape index (κ2) is 5.84. The number of rotatable bonds is 2. The van der Waals surface area contributed by atoms with E-state index < -0.39 is 11.9 Å². The molecule has 27 heavy (non-hydrogen) atoms. The third kappa shape index (κ3) is 2.38. The maximum Gasteiger partial charge on any atom is 0.184 e. The largest absolute Gasteiger partial charge is 0.377 e. The molecule has 0 radical (unpaired) electrons. The smallest absolute Gasteiger partial charge is 0.184 e. The van der Waals surface area contributed by atoms with Gasteiger partial charge in [-0.3, -0.25) is 14.5 Å². The van der Waals surface area contributed by atoms with E-state index >= 15 is 0 Å². The molecule has 2 aliphatic rings. The second-order valence-corrected chi connectivity index (χ2v) is 6.57. The fraction of sp³-hybridized carbons (Fsp3) is 0.200. The standard InChI is InChI=1S/C20H16FN5O/c1-26-20(23-10-24-26)17-18(11-5-7-12(21)8-6-11)25-14-4-2-3-13-15(27)9-22-19(17)16(13)14/h2-8,10,17-18,25H,9H2,1H3/t17-,18-/m0/s1/i18D. The van der Waals surface area contributed by atoms with Crippen LogP contribution in [-0.4, -0.2) is 32.8 Å². The van der Waals surface area contributed by atoms with E-state index in [1.165, 1.54) is 18.5 Å². The third-order valence-electron chi connectivity index (χ3n) is 5.01. The molecule has 2 aromatic carbocycles. The summed E-state index contributed by atoms with van der Waals surface area (Å²) in [6, 6.07) is 9.82. The maximum atomic E-state index is 13.5. The summed E-state index contributed by atoms with van der Waals surface area (Å²) in [5, 5.41) is 7.42. The van der Waals surface area contributed by atoms with Gasteiger partial charge in [0.1, 0.15) is 24.5 Å². The molecule has 2 aliphatic heterocycles. The molecule has 2 atom stereocenters. The van der Waals surface area contributed by atoms with E-state index in [2.05, 4.69) is 20.4 Å². The molecule has 0 fully saturated rings. The molecule has 3 aromatic rings. The minimum Gasteiger partial charge on any atom is -0.377 e. The van der Waals surface area contributed by atoms with E-state index in [-0.39, 0.29) is 18.1 Å². The van der Waals surface area contributed by atoms with Gasteiger partial charge >= 0.3 is 0 Å². The van der Waals surface area contributed by atoms with Crippen molar-refractivity contribution in [3.63, 3.8) is 0 Å². The Morgan fingerprint density at radius 3 is 2.81 bits per heavy atom. The van der Waals surface area contributed by atoms with E-state index in [0.717, 1.165) is 0 Å². The number of benzene rings is 2. The second-order valence-electron chi connectivity index (χ2n) is 6.57. The van der Waals surface area contributed by atoms with Gasteiger partial charge in [-0.2, -0.15) is 5.10 Å². The van der Waals surface area contributed by atoms with E-state index in [0.29, 0.717) is 33.9 Å². The van der Waals surface area contributed by atoms with Crippen LogP contribution in [0.15, 0.2) is 53.8 Å². The average Bonchev–Trinajstić information content (AvgIpc) is 3.10. The van der Waals surface area contributed by atoms with Crippen LogP contribution in [0.5, 0.6) is 0 Å². The molecule has 1 N–H and O–H groups in total. The van der Waals surface area contributed by atoms with Gasteiger partial charge in [-0.25, -0.2) is 9.37 Å². The van der Waals surface area contributed by atoms with Crippen LogP contribution in [0.25, 0.3) is 0 Å². The Morgan fingerprint density at radius 1 is 1.26 bits per heavy atom. The predicted molar refractivity (Wildman–Crippen MR) is 98.7 cm³/mol. The first kappa shape index (κ1) is 14.8. The molecule has 0 unspecified atom stereocenters. The molecule has 1 aromatic heterocycles. The zero-order chi connectivity index (χ0) is 19.5. The van der Waals surface area contributed by atoms with E-state index in [9.17, 15) is 10.6 Å². The fourth-order valence-electron chi connectivity index (χ4n) is 3.76. The van der Waals surface area contributed by atoms with Crippen molar-refractivity contribution in [3.05, 3.63) is 77.1 Å². The Balaban J connectivity index is 1.80. The lowest BCUT2D eigenvalue weighted by Gasteiger charge is -2.37. The molecule has 3 heterocycles. The number of halogens is 1. The van der Waals surface area contributed by atoms with Gasteiger partial charge in [0.05, 0.1) is 19.0 Å². The quantitative estimate of drug-likeness (QED) is 0.761. The maximum absolute atomic E-state index is 13.5. The van der Waals surface area contributed by atoms with Crippen LogP contribution in [0.2, 0.25) is 0 Å². The Kier molecular flexibility index (Phi) is 3.20. The van der Waals surface area contributed by atoms with Gasteiger partial charge in [-0.15, -0.1) is 0 Å². The summed E-state index contributed by atoms with van der Waals surface area (Å²) >= 11 is 0. The number of anilines is 1. The van der Waals surface area contributed by atoms with Crippen LogP contribution in [-0.2, 0) is 7.05 Å². The van der Waals surface area contributed by atoms with E-state index in [1.54, 1.807) is 36.0 Å². The van der Waals surface area contributed by atoms with Crippen molar-refractivity contribution in [2.24, 2.45) is 12.0 Å². The minimum absolute atomic E-state index is 0.0274. The van der Waals surface area contributed by atoms with Crippen molar-refractivity contribution in [2.45, 2.75) is 11.9 Å². The summed E-state index contributed by atoms with van der Waals surface area (Å²) in [7, 11) is 1.75. The van der Waals surface area contributed by atoms with Crippen molar-refractivity contribution >= 4 is 17.2 Å². The van der Waals surface area contributed by atoms with E-state index in [4.69, 9.17) is 0 Å². The highest BCUT2D eigenvalue weighted by molar-refractivity contribution is 6.21. The highest BCUT2D eigenvalue weighted by Crippen LogP contribution is 2.44. The van der Waals surface area contributed by atoms with Gasteiger partial charge in [0.25, 0.3) is 0 Å². The van der Waals surface area contributed by atoms with Gasteiger partial charge in [0.15, 0.2) is 5.78 Å². The lowest BCUT2D eigenvalue weighted by Crippen LogP contribution is -2.37. The summed E-state index contributed by atoms with van der Waals surface area (Å²) in [6.45, 7) is 0.0274. The number of aliphatic imine (C=N–C) groups is 1. The fourth-order valence-corrected chi connectivity index (χ4v) is 3.76. The normalized spacial score (nSPS) is 23.9. The number of carbonyl (C=O) groups is 1. The molecule has 6 nitrogen and oxygen atoms in total. The molecule has 0 amide bonds. The summed E-state index contributed by atoms with van der Waals surface area (Å²) < 4.78 is 24.5. The molecule has 0 aliphatic carbocycles. The summed E-state index contributed by atoms with van der Waals surface area (Å²) in [4.78, 5) is 21.3. The predicted octanol–water partition coefficient (Wildman–Crippen LogP) is 2.89. The van der Waals surface area contributed by atoms with Gasteiger partial charge in [-0.1, -0.05) is 24.3 Å². The number of aromatic nitrogens is 3. The summed E-state index contributed by atoms with van der Waals surface area (Å²) in [5.74, 6) is -0.521. The van der Waals surface area contributed by atoms with Crippen molar-refractivity contribution in [1.29, 1.82) is 0 Å². The van der Waals surface area contributed by atoms with Crippen LogP contribution < -0.4 is 5.32 Å². The van der Waals surface area contributed by atoms with Gasteiger partial charge in [0.2, 0.25) is 0 Å². The molecule has 134 valence electrons. The first-order valence-corrected chi connectivity index (χ1v) is 8.58. The Morgan fingerprint density at radius 2 is 2.07 bits per heavy atom. The van der Waals surface area contributed by atoms with Crippen LogP contribution in [0.3, 0.4) is 0 Å². The molecule has 0 saturated carbocycles. The van der Waals surface area contributed by atoms with Crippen LogP contribution >= 0.6 is 0 Å². The van der Waals surface area contributed by atoms with Gasteiger partial charge in [0, 0.05) is 23.9 Å². The van der Waals surface area contributed by atoms with E-state index in [1.807, 2.05) is 6.07 Å². The highest BCUT2D eigenvalue weighted by atomic mass is 19.1. The SMILES string of the molecule is [2H][C@@]1(c2ccc(F)cc2)Nc2cccc3c2C(=NCC3=O)[C@H]1c1ncnn1C. The van der Waals surface area contributed by atoms with Crippen LogP contribution in [0.1, 0.15) is 40.6 Å². The van der Waals surface area contributed by atoms with Crippen LogP contribution in [0, 0.1) is 5.82 Å². The van der Waals surface area contributed by atoms with Crippen LogP contribution in [0.4, 0.5) is 10.1 Å². The monoisotopic (exact) mass is 362 g/mol. The zero-order valence-electron chi connectivity index (χ0n) is 15.5. The number of carbonyl (C=O) groups excluding carboxylic acids is 1. The summed E-state index contributed by atoms with van der Waals surface area (Å²) in [5.41, 5.74) is 3.14. The molecule has 0 saturated heterocycles. The number of aryl methyl sites for hydroxylation is 1. The lowest BCUT2D eigenvalue weighted by molar-refractivity contribution is 0.1000. The minimum atomic E-state index is -1.40. The van der Waals surface area contributed by atoms with Crippen molar-refractivity contribution in [1.82, 2.24) is 14.8 Å². The highest BCUT2D eigenvalue weighted by Gasteiger charge is 2.41. The molecule has 5 rings (SSSR count). The molecule has 0 bridgehead atoms. The topological polar surface area (TPSA) is 72.2 Å². The molecule has 0 spiro atoms. The Bertz CT molecular complexity index is 1140. The lowest BCUT2D eigenvalue weighted by atomic mass is 9.78. The Labute approximate surface area is 156 Å². The molecular formula is C20H16FN5O. The van der Waals surface area contributed by atoms with Crippen molar-refractivity contribution in [2.75, 3.05) is 11.9 Å². The van der Waals surface area contributed by atoms with Gasteiger partial charge < -0.3 is 5.32 Å². The zero-order valence-corrected chi connectivity index (χ0v) is 14.5. The Hall–Kier alpha value is -3.35. The first-order chi connectivity index (χ1) is 13.5. The number of hydrogen-bond acceptors (Lipinski definition) is 5. The average molecular weight is 362 g/mol. The number of hydrogen-bond donors (Lipinski definition) is 1. The summed E-state index contributed by atoms with van der Waals surface area (Å²) in [6.07, 6.45) is 1.43.